The second-order valence-corrected chi connectivity index (χ2v) is 4.94. The van der Waals surface area contributed by atoms with E-state index in [1.807, 2.05) is 18.7 Å². The predicted octanol–water partition coefficient (Wildman–Crippen LogP) is 1.06. The average molecular weight is 274 g/mol. The zero-order valence-electron chi connectivity index (χ0n) is 9.07. The monoisotopic (exact) mass is 273 g/mol. The van der Waals surface area contributed by atoms with Gasteiger partial charge >= 0.3 is 0 Å². The van der Waals surface area contributed by atoms with Gasteiger partial charge in [-0.2, -0.15) is 5.10 Å². The molecule has 0 bridgehead atoms. The van der Waals surface area contributed by atoms with Crippen molar-refractivity contribution in [2.75, 3.05) is 13.1 Å². The van der Waals surface area contributed by atoms with Crippen LogP contribution in [0.1, 0.15) is 17.8 Å². The Bertz CT molecular complexity index is 364. The van der Waals surface area contributed by atoms with Gasteiger partial charge in [0.05, 0.1) is 22.0 Å². The largest absolute Gasteiger partial charge is 0.392 e. The number of aryl methyl sites for hydroxylation is 2. The van der Waals surface area contributed by atoms with Gasteiger partial charge in [0.2, 0.25) is 0 Å². The quantitative estimate of drug-likeness (QED) is 0.876. The zero-order valence-corrected chi connectivity index (χ0v) is 10.7. The van der Waals surface area contributed by atoms with Gasteiger partial charge in [0, 0.05) is 26.7 Å². The lowest BCUT2D eigenvalue weighted by Crippen LogP contribution is -2.23. The molecule has 1 aromatic heterocycles. The van der Waals surface area contributed by atoms with Crippen LogP contribution in [-0.4, -0.2) is 39.0 Å². The lowest BCUT2D eigenvalue weighted by atomic mass is 10.3. The Hall–Kier alpha value is -0.390. The Morgan fingerprint density at radius 1 is 1.60 bits per heavy atom. The smallest absolute Gasteiger partial charge is 0.0739 e. The van der Waals surface area contributed by atoms with Crippen molar-refractivity contribution in [1.82, 2.24) is 14.7 Å². The van der Waals surface area contributed by atoms with Crippen LogP contribution >= 0.6 is 15.9 Å². The van der Waals surface area contributed by atoms with Crippen molar-refractivity contribution in [1.29, 1.82) is 0 Å². The molecule has 4 nitrogen and oxygen atoms in total. The Morgan fingerprint density at radius 2 is 2.33 bits per heavy atom. The standard InChI is InChI=1S/C10H16BrN3O/c1-7-10(11)9(13(2)12-7)6-14-4-3-8(15)5-14/h8,15H,3-6H2,1-2H3/t8-/m1/s1. The summed E-state index contributed by atoms with van der Waals surface area (Å²) >= 11 is 3.55. The summed E-state index contributed by atoms with van der Waals surface area (Å²) in [6.07, 6.45) is 0.729. The number of rotatable bonds is 2. The summed E-state index contributed by atoms with van der Waals surface area (Å²) in [6.45, 7) is 4.59. The van der Waals surface area contributed by atoms with Crippen LogP contribution in [0, 0.1) is 6.92 Å². The van der Waals surface area contributed by atoms with E-state index in [0.717, 1.165) is 36.2 Å². The fourth-order valence-corrected chi connectivity index (χ4v) is 2.48. The molecule has 1 N–H and O–H groups in total. The van der Waals surface area contributed by atoms with Crippen LogP contribution in [0.25, 0.3) is 0 Å². The van der Waals surface area contributed by atoms with Crippen molar-refractivity contribution in [2.24, 2.45) is 7.05 Å². The molecule has 5 heteroatoms. The molecule has 2 rings (SSSR count). The third-order valence-electron chi connectivity index (χ3n) is 2.88. The second kappa shape index (κ2) is 4.23. The predicted molar refractivity (Wildman–Crippen MR) is 61.5 cm³/mol. The lowest BCUT2D eigenvalue weighted by Gasteiger charge is -2.15. The molecule has 1 aliphatic heterocycles. The molecule has 0 spiro atoms. The van der Waals surface area contributed by atoms with Crippen LogP contribution < -0.4 is 0 Å². The van der Waals surface area contributed by atoms with Gasteiger partial charge in [0.15, 0.2) is 0 Å². The van der Waals surface area contributed by atoms with Gasteiger partial charge in [0.1, 0.15) is 0 Å². The summed E-state index contributed by atoms with van der Waals surface area (Å²) in [5, 5.41) is 13.8. The lowest BCUT2D eigenvalue weighted by molar-refractivity contribution is 0.174. The number of aliphatic hydroxyl groups excluding tert-OH is 1. The van der Waals surface area contributed by atoms with Crippen LogP contribution in [0.15, 0.2) is 4.47 Å². The molecule has 2 heterocycles. The number of halogens is 1. The molecule has 1 aliphatic rings. The molecule has 0 aromatic carbocycles. The average Bonchev–Trinajstić information content (AvgIpc) is 2.67. The highest BCUT2D eigenvalue weighted by Gasteiger charge is 2.22. The molecule has 1 atom stereocenters. The first-order chi connectivity index (χ1) is 7.08. The summed E-state index contributed by atoms with van der Waals surface area (Å²) in [5.41, 5.74) is 2.20. The number of likely N-dealkylation sites (tertiary alicyclic amines) is 1. The minimum absolute atomic E-state index is 0.155. The fourth-order valence-electron chi connectivity index (χ4n) is 2.02. The van der Waals surface area contributed by atoms with Gasteiger partial charge < -0.3 is 5.11 Å². The molecule has 1 saturated heterocycles. The van der Waals surface area contributed by atoms with Crippen molar-refractivity contribution in [2.45, 2.75) is 26.0 Å². The highest BCUT2D eigenvalue weighted by atomic mass is 79.9. The minimum atomic E-state index is -0.155. The molecular formula is C10H16BrN3O. The number of β-amino-alcohol motifs (C(OH)–C–C–N with tert-alkyl or cyclic N) is 1. The molecule has 0 radical (unpaired) electrons. The van der Waals surface area contributed by atoms with Gasteiger partial charge in [0.25, 0.3) is 0 Å². The van der Waals surface area contributed by atoms with Crippen molar-refractivity contribution in [3.63, 3.8) is 0 Å². The Morgan fingerprint density at radius 3 is 2.80 bits per heavy atom. The molecule has 84 valence electrons. The third-order valence-corrected chi connectivity index (χ3v) is 3.91. The summed E-state index contributed by atoms with van der Waals surface area (Å²) < 4.78 is 3.00. The first-order valence-corrected chi connectivity index (χ1v) is 5.95. The van der Waals surface area contributed by atoms with Crippen LogP contribution in [0.3, 0.4) is 0 Å². The Balaban J connectivity index is 2.10. The molecule has 0 amide bonds. The van der Waals surface area contributed by atoms with E-state index in [4.69, 9.17) is 0 Å². The Kier molecular flexibility index (Phi) is 3.13. The topological polar surface area (TPSA) is 41.3 Å². The van der Waals surface area contributed by atoms with E-state index >= 15 is 0 Å². The van der Waals surface area contributed by atoms with Crippen LogP contribution in [-0.2, 0) is 13.6 Å². The zero-order chi connectivity index (χ0) is 11.0. The van der Waals surface area contributed by atoms with Crippen LogP contribution in [0.4, 0.5) is 0 Å². The first kappa shape index (κ1) is 11.1. The van der Waals surface area contributed by atoms with Crippen molar-refractivity contribution >= 4 is 15.9 Å². The van der Waals surface area contributed by atoms with E-state index in [1.54, 1.807) is 0 Å². The van der Waals surface area contributed by atoms with E-state index in [9.17, 15) is 5.11 Å². The van der Waals surface area contributed by atoms with Gasteiger partial charge in [-0.25, -0.2) is 0 Å². The van der Waals surface area contributed by atoms with E-state index in [0.29, 0.717) is 0 Å². The van der Waals surface area contributed by atoms with E-state index in [2.05, 4.69) is 25.9 Å². The third kappa shape index (κ3) is 2.24. The normalized spacial score (nSPS) is 22.5. The summed E-state index contributed by atoms with van der Waals surface area (Å²) in [5.74, 6) is 0. The maximum Gasteiger partial charge on any atom is 0.0739 e. The molecule has 1 fully saturated rings. The van der Waals surface area contributed by atoms with Gasteiger partial charge in [-0.3, -0.25) is 9.58 Å². The highest BCUT2D eigenvalue weighted by Crippen LogP contribution is 2.23. The van der Waals surface area contributed by atoms with Gasteiger partial charge in [-0.05, 0) is 29.3 Å². The highest BCUT2D eigenvalue weighted by molar-refractivity contribution is 9.10. The van der Waals surface area contributed by atoms with Crippen molar-refractivity contribution in [3.05, 3.63) is 15.9 Å². The summed E-state index contributed by atoms with van der Waals surface area (Å²) in [6, 6.07) is 0. The van der Waals surface area contributed by atoms with Crippen molar-refractivity contribution in [3.8, 4) is 0 Å². The molecule has 0 aliphatic carbocycles. The fraction of sp³-hybridized carbons (Fsp3) is 0.700. The van der Waals surface area contributed by atoms with Gasteiger partial charge in [-0.1, -0.05) is 0 Å². The van der Waals surface area contributed by atoms with Crippen LogP contribution in [0.5, 0.6) is 0 Å². The molecule has 0 unspecified atom stereocenters. The van der Waals surface area contributed by atoms with E-state index in [1.165, 1.54) is 5.69 Å². The molecule has 0 saturated carbocycles. The number of hydrogen-bond acceptors (Lipinski definition) is 3. The van der Waals surface area contributed by atoms with Crippen molar-refractivity contribution < 1.29 is 5.11 Å². The Labute approximate surface area is 98.0 Å². The maximum absolute atomic E-state index is 9.45. The number of aromatic nitrogens is 2. The first-order valence-electron chi connectivity index (χ1n) is 5.16. The van der Waals surface area contributed by atoms with Crippen LogP contribution in [0.2, 0.25) is 0 Å². The van der Waals surface area contributed by atoms with E-state index in [-0.39, 0.29) is 6.10 Å². The molecule has 1 aromatic rings. The maximum atomic E-state index is 9.45. The number of nitrogens with zero attached hydrogens (tertiary/aromatic N) is 3. The van der Waals surface area contributed by atoms with Gasteiger partial charge in [-0.15, -0.1) is 0 Å². The SMILES string of the molecule is Cc1nn(C)c(CN2CC[C@@H](O)C2)c1Br. The molecule has 15 heavy (non-hydrogen) atoms. The summed E-state index contributed by atoms with van der Waals surface area (Å²) in [4.78, 5) is 2.26. The summed E-state index contributed by atoms with van der Waals surface area (Å²) in [7, 11) is 1.96. The molecular weight excluding hydrogens is 258 g/mol. The number of hydrogen-bond donors (Lipinski definition) is 1. The minimum Gasteiger partial charge on any atom is -0.392 e. The second-order valence-electron chi connectivity index (χ2n) is 4.15. The number of aliphatic hydroxyl groups is 1. The van der Waals surface area contributed by atoms with E-state index < -0.39 is 0 Å².